The van der Waals surface area contributed by atoms with Crippen LogP contribution in [-0.2, 0) is 9.53 Å². The summed E-state index contributed by atoms with van der Waals surface area (Å²) in [6, 6.07) is 0. The molecule has 0 heterocycles. The molecule has 2 nitrogen and oxygen atoms in total. The molecule has 74 valence electrons. The Balaban J connectivity index is 3.74. The normalized spacial score (nSPS) is 11.9. The van der Waals surface area contributed by atoms with Gasteiger partial charge in [0.25, 0.3) is 0 Å². The molecule has 0 fully saturated rings. The van der Waals surface area contributed by atoms with E-state index in [-0.39, 0.29) is 12.1 Å². The molecule has 1 unspecified atom stereocenters. The highest BCUT2D eigenvalue weighted by molar-refractivity contribution is 5.87. The van der Waals surface area contributed by atoms with Crippen LogP contribution in [0.2, 0.25) is 0 Å². The Morgan fingerprint density at radius 2 is 1.92 bits per heavy atom. The molecule has 0 saturated carbocycles. The average molecular weight is 182 g/mol. The maximum absolute atomic E-state index is 11.1. The second kappa shape index (κ2) is 5.57. The molecule has 0 aliphatic carbocycles. The van der Waals surface area contributed by atoms with Gasteiger partial charge in [-0.2, -0.15) is 0 Å². The summed E-state index contributed by atoms with van der Waals surface area (Å²) in [5, 5.41) is 0. The smallest absolute Gasteiger partial charge is 0.333 e. The first-order chi connectivity index (χ1) is 5.93. The minimum Gasteiger partial charge on any atom is -0.459 e. The summed E-state index contributed by atoms with van der Waals surface area (Å²) in [6.45, 7) is 12.8. The number of carbonyl (C=O) groups excluding carboxylic acids is 1. The molecule has 1 atom stereocenters. The lowest BCUT2D eigenvalue weighted by Gasteiger charge is -2.12. The molecule has 13 heavy (non-hydrogen) atoms. The van der Waals surface area contributed by atoms with Gasteiger partial charge < -0.3 is 4.74 Å². The SMILES string of the molecule is C=C(C)CCC(C)OC(=O)C(=C)C. The molecule has 2 heteroatoms. The third kappa shape index (κ3) is 6.14. The van der Waals surface area contributed by atoms with Crippen molar-refractivity contribution in [2.45, 2.75) is 39.7 Å². The van der Waals surface area contributed by atoms with E-state index >= 15 is 0 Å². The van der Waals surface area contributed by atoms with Gasteiger partial charge in [-0.15, -0.1) is 6.58 Å². The van der Waals surface area contributed by atoms with Crippen molar-refractivity contribution < 1.29 is 9.53 Å². The van der Waals surface area contributed by atoms with Gasteiger partial charge in [0.1, 0.15) is 0 Å². The lowest BCUT2D eigenvalue weighted by atomic mass is 10.1. The third-order valence-corrected chi connectivity index (χ3v) is 1.63. The van der Waals surface area contributed by atoms with Crippen LogP contribution in [-0.4, -0.2) is 12.1 Å². The number of esters is 1. The monoisotopic (exact) mass is 182 g/mol. The molecule has 0 saturated heterocycles. The maximum atomic E-state index is 11.1. The Kier molecular flexibility index (Phi) is 5.12. The number of rotatable bonds is 5. The van der Waals surface area contributed by atoms with Gasteiger partial charge in [-0.05, 0) is 33.6 Å². The van der Waals surface area contributed by atoms with Gasteiger partial charge in [0.2, 0.25) is 0 Å². The molecule has 0 aromatic heterocycles. The van der Waals surface area contributed by atoms with Crippen LogP contribution in [0.15, 0.2) is 24.3 Å². The Bertz CT molecular complexity index is 216. The van der Waals surface area contributed by atoms with Crippen LogP contribution in [0.25, 0.3) is 0 Å². The quantitative estimate of drug-likeness (QED) is 0.371. The molecule has 0 bridgehead atoms. The minimum absolute atomic E-state index is 0.0547. The first-order valence-corrected chi connectivity index (χ1v) is 4.44. The zero-order valence-electron chi connectivity index (χ0n) is 8.72. The van der Waals surface area contributed by atoms with Gasteiger partial charge in [0, 0.05) is 5.57 Å². The van der Waals surface area contributed by atoms with E-state index in [1.54, 1.807) is 6.92 Å². The molecule has 0 aliphatic heterocycles. The van der Waals surface area contributed by atoms with Crippen molar-refractivity contribution in [2.75, 3.05) is 0 Å². The largest absolute Gasteiger partial charge is 0.459 e. The van der Waals surface area contributed by atoms with E-state index in [0.717, 1.165) is 18.4 Å². The van der Waals surface area contributed by atoms with Gasteiger partial charge in [0.05, 0.1) is 6.10 Å². The Labute approximate surface area is 80.3 Å². The van der Waals surface area contributed by atoms with Crippen molar-refractivity contribution in [3.8, 4) is 0 Å². The van der Waals surface area contributed by atoms with E-state index in [2.05, 4.69) is 13.2 Å². The van der Waals surface area contributed by atoms with Crippen molar-refractivity contribution in [3.63, 3.8) is 0 Å². The van der Waals surface area contributed by atoms with E-state index in [9.17, 15) is 4.79 Å². The van der Waals surface area contributed by atoms with Crippen LogP contribution in [0.4, 0.5) is 0 Å². The number of hydrogen-bond donors (Lipinski definition) is 0. The maximum Gasteiger partial charge on any atom is 0.333 e. The highest BCUT2D eigenvalue weighted by atomic mass is 16.5. The van der Waals surface area contributed by atoms with Crippen LogP contribution < -0.4 is 0 Å². The van der Waals surface area contributed by atoms with Crippen LogP contribution in [0.5, 0.6) is 0 Å². The number of hydrogen-bond acceptors (Lipinski definition) is 2. The summed E-state index contributed by atoms with van der Waals surface area (Å²) in [5.41, 5.74) is 1.56. The fourth-order valence-corrected chi connectivity index (χ4v) is 0.792. The standard InChI is InChI=1S/C11H18O2/c1-8(2)6-7-10(5)13-11(12)9(3)4/h10H,1,3,6-7H2,2,4-5H3. The zero-order chi connectivity index (χ0) is 10.4. The number of carbonyl (C=O) groups is 1. The van der Waals surface area contributed by atoms with Gasteiger partial charge >= 0.3 is 5.97 Å². The second-order valence-electron chi connectivity index (χ2n) is 3.49. The molecule has 0 rings (SSSR count). The van der Waals surface area contributed by atoms with Crippen LogP contribution >= 0.6 is 0 Å². The van der Waals surface area contributed by atoms with Gasteiger partial charge in [-0.3, -0.25) is 0 Å². The van der Waals surface area contributed by atoms with E-state index < -0.39 is 0 Å². The molecule has 0 N–H and O–H groups in total. The third-order valence-electron chi connectivity index (χ3n) is 1.63. The summed E-state index contributed by atoms with van der Waals surface area (Å²) in [6.07, 6.45) is 1.67. The molecular formula is C11H18O2. The topological polar surface area (TPSA) is 26.3 Å². The summed E-state index contributed by atoms with van der Waals surface area (Å²) in [4.78, 5) is 11.1. The molecular weight excluding hydrogens is 164 g/mol. The minimum atomic E-state index is -0.311. The lowest BCUT2D eigenvalue weighted by molar-refractivity contribution is -0.143. The van der Waals surface area contributed by atoms with Crippen molar-refractivity contribution in [1.82, 2.24) is 0 Å². The molecule has 0 aromatic rings. The highest BCUT2D eigenvalue weighted by Crippen LogP contribution is 2.08. The molecule has 0 spiro atoms. The van der Waals surface area contributed by atoms with Crippen molar-refractivity contribution in [2.24, 2.45) is 0 Å². The van der Waals surface area contributed by atoms with E-state index in [4.69, 9.17) is 4.74 Å². The summed E-state index contributed by atoms with van der Waals surface area (Å²) in [7, 11) is 0. The first-order valence-electron chi connectivity index (χ1n) is 4.44. The molecule has 0 aromatic carbocycles. The fraction of sp³-hybridized carbons (Fsp3) is 0.545. The summed E-state index contributed by atoms with van der Waals surface area (Å²) in [5.74, 6) is -0.311. The molecule has 0 amide bonds. The predicted octanol–water partition coefficient (Wildman–Crippen LogP) is 2.85. The van der Waals surface area contributed by atoms with E-state index in [1.807, 2.05) is 13.8 Å². The predicted molar refractivity (Wildman–Crippen MR) is 54.4 cm³/mol. The van der Waals surface area contributed by atoms with Gasteiger partial charge in [0.15, 0.2) is 0 Å². The van der Waals surface area contributed by atoms with E-state index in [1.165, 1.54) is 0 Å². The van der Waals surface area contributed by atoms with Crippen LogP contribution in [0.1, 0.15) is 33.6 Å². The lowest BCUT2D eigenvalue weighted by Crippen LogP contribution is -2.15. The number of ether oxygens (including phenoxy) is 1. The van der Waals surface area contributed by atoms with Gasteiger partial charge in [-0.25, -0.2) is 4.79 Å². The van der Waals surface area contributed by atoms with E-state index in [0.29, 0.717) is 5.57 Å². The Morgan fingerprint density at radius 3 is 2.31 bits per heavy atom. The zero-order valence-corrected chi connectivity index (χ0v) is 8.72. The Morgan fingerprint density at radius 1 is 1.38 bits per heavy atom. The van der Waals surface area contributed by atoms with Crippen molar-refractivity contribution in [3.05, 3.63) is 24.3 Å². The Hall–Kier alpha value is -1.05. The fourth-order valence-electron chi connectivity index (χ4n) is 0.792. The second-order valence-corrected chi connectivity index (χ2v) is 3.49. The molecule has 0 aliphatic rings. The molecule has 0 radical (unpaired) electrons. The highest BCUT2D eigenvalue weighted by Gasteiger charge is 2.09. The van der Waals surface area contributed by atoms with Crippen LogP contribution in [0.3, 0.4) is 0 Å². The van der Waals surface area contributed by atoms with Gasteiger partial charge in [-0.1, -0.05) is 12.2 Å². The first kappa shape index (κ1) is 11.9. The van der Waals surface area contributed by atoms with Crippen molar-refractivity contribution in [1.29, 1.82) is 0 Å². The average Bonchev–Trinajstić information content (AvgIpc) is 2.00. The number of allylic oxidation sites excluding steroid dienone is 1. The van der Waals surface area contributed by atoms with Crippen LogP contribution in [0, 0.1) is 0 Å². The summed E-state index contributed by atoms with van der Waals surface area (Å²) >= 11 is 0. The van der Waals surface area contributed by atoms with Crippen molar-refractivity contribution >= 4 is 5.97 Å². The summed E-state index contributed by atoms with van der Waals surface area (Å²) < 4.78 is 5.08.